The van der Waals surface area contributed by atoms with Gasteiger partial charge in [0.05, 0.1) is 0 Å². The maximum absolute atomic E-state index is 12.3. The Labute approximate surface area is 140 Å². The van der Waals surface area contributed by atoms with Crippen LogP contribution in [-0.4, -0.2) is 17.4 Å². The minimum absolute atomic E-state index is 0.0823. The molecule has 2 heterocycles. The normalized spacial score (nSPS) is 13.2. The summed E-state index contributed by atoms with van der Waals surface area (Å²) in [6.07, 6.45) is 2.07. The van der Waals surface area contributed by atoms with Crippen LogP contribution in [0.4, 0.5) is 0 Å². The van der Waals surface area contributed by atoms with E-state index in [-0.39, 0.29) is 17.2 Å². The first-order valence-corrected chi connectivity index (χ1v) is 8.72. The molecular formula is C19H22N2OS. The molecule has 2 aromatic heterocycles. The van der Waals surface area contributed by atoms with E-state index >= 15 is 0 Å². The summed E-state index contributed by atoms with van der Waals surface area (Å²) in [5.41, 5.74) is 1.99. The van der Waals surface area contributed by atoms with Crippen LogP contribution in [0.25, 0.3) is 10.9 Å². The van der Waals surface area contributed by atoms with Gasteiger partial charge in [-0.15, -0.1) is 11.3 Å². The monoisotopic (exact) mass is 326 g/mol. The zero-order valence-electron chi connectivity index (χ0n) is 13.7. The Balaban J connectivity index is 1.92. The zero-order chi connectivity index (χ0) is 16.4. The Hall–Kier alpha value is -2.07. The standard InChI is InChI=1S/C19H22N2OS/c1-19(2,3)18(22)21-12-15(17-9-6-10-23-17)14-11-20-16-8-5-4-7-13(14)16/h4-11,15,20H,12H2,1-3H3,(H,21,22)/t15-/m1/s1. The lowest BCUT2D eigenvalue weighted by molar-refractivity contribution is -0.128. The van der Waals surface area contributed by atoms with Crippen molar-refractivity contribution in [3.63, 3.8) is 0 Å². The quantitative estimate of drug-likeness (QED) is 0.727. The fourth-order valence-corrected chi connectivity index (χ4v) is 3.54. The molecule has 0 spiro atoms. The van der Waals surface area contributed by atoms with Crippen molar-refractivity contribution in [3.05, 3.63) is 58.4 Å². The molecule has 0 bridgehead atoms. The molecule has 2 N–H and O–H groups in total. The van der Waals surface area contributed by atoms with E-state index < -0.39 is 0 Å². The highest BCUT2D eigenvalue weighted by atomic mass is 32.1. The van der Waals surface area contributed by atoms with E-state index in [1.54, 1.807) is 11.3 Å². The van der Waals surface area contributed by atoms with Gasteiger partial charge in [0.1, 0.15) is 0 Å². The SMILES string of the molecule is CC(C)(C)C(=O)NC[C@@H](c1cccs1)c1c[nH]c2ccccc12. The molecule has 3 aromatic rings. The number of aromatic amines is 1. The lowest BCUT2D eigenvalue weighted by Gasteiger charge is -2.21. The third-order valence-electron chi connectivity index (χ3n) is 4.03. The number of hydrogen-bond acceptors (Lipinski definition) is 2. The summed E-state index contributed by atoms with van der Waals surface area (Å²) in [7, 11) is 0. The van der Waals surface area contributed by atoms with Crippen molar-refractivity contribution in [3.8, 4) is 0 Å². The van der Waals surface area contributed by atoms with Crippen molar-refractivity contribution in [2.24, 2.45) is 5.41 Å². The number of benzene rings is 1. The average Bonchev–Trinajstić information content (AvgIpc) is 3.16. The molecule has 3 nitrogen and oxygen atoms in total. The lowest BCUT2D eigenvalue weighted by atomic mass is 9.93. The van der Waals surface area contributed by atoms with Gasteiger partial charge in [0.25, 0.3) is 0 Å². The molecule has 0 aliphatic rings. The maximum Gasteiger partial charge on any atom is 0.225 e. The molecule has 0 aliphatic heterocycles. The molecule has 23 heavy (non-hydrogen) atoms. The molecule has 0 saturated heterocycles. The van der Waals surface area contributed by atoms with Crippen molar-refractivity contribution in [1.82, 2.24) is 10.3 Å². The van der Waals surface area contributed by atoms with Crippen LogP contribution in [0.1, 0.15) is 37.1 Å². The van der Waals surface area contributed by atoms with Gasteiger partial charge in [0.2, 0.25) is 5.91 Å². The van der Waals surface area contributed by atoms with Crippen molar-refractivity contribution in [2.75, 3.05) is 6.54 Å². The summed E-state index contributed by atoms with van der Waals surface area (Å²) in [6, 6.07) is 12.5. The zero-order valence-corrected chi connectivity index (χ0v) is 14.5. The van der Waals surface area contributed by atoms with E-state index in [9.17, 15) is 4.79 Å². The highest BCUT2D eigenvalue weighted by Gasteiger charge is 2.24. The Morgan fingerprint density at radius 3 is 2.70 bits per heavy atom. The minimum Gasteiger partial charge on any atom is -0.361 e. The van der Waals surface area contributed by atoms with E-state index in [1.165, 1.54) is 15.8 Å². The van der Waals surface area contributed by atoms with Crippen LogP contribution in [0.3, 0.4) is 0 Å². The van der Waals surface area contributed by atoms with E-state index in [0.29, 0.717) is 6.54 Å². The summed E-state index contributed by atoms with van der Waals surface area (Å²) in [4.78, 5) is 16.9. The fraction of sp³-hybridized carbons (Fsp3) is 0.316. The number of para-hydroxylation sites is 1. The predicted octanol–water partition coefficient (Wildman–Crippen LogP) is 4.52. The van der Waals surface area contributed by atoms with Gasteiger partial charge < -0.3 is 10.3 Å². The van der Waals surface area contributed by atoms with Gasteiger partial charge in [0, 0.05) is 39.9 Å². The van der Waals surface area contributed by atoms with E-state index in [0.717, 1.165) is 5.52 Å². The topological polar surface area (TPSA) is 44.9 Å². The number of amides is 1. The summed E-state index contributed by atoms with van der Waals surface area (Å²) in [5.74, 6) is 0.247. The molecule has 1 aromatic carbocycles. The van der Waals surface area contributed by atoms with E-state index in [1.807, 2.05) is 26.8 Å². The molecule has 3 rings (SSSR count). The van der Waals surface area contributed by atoms with Crippen molar-refractivity contribution >= 4 is 28.1 Å². The van der Waals surface area contributed by atoms with E-state index in [2.05, 4.69) is 52.2 Å². The third-order valence-corrected chi connectivity index (χ3v) is 5.02. The Bertz CT molecular complexity index is 796. The van der Waals surface area contributed by atoms with Gasteiger partial charge in [-0.05, 0) is 23.1 Å². The number of H-pyrrole nitrogens is 1. The molecule has 4 heteroatoms. The second-order valence-corrected chi connectivity index (χ2v) is 7.80. The number of rotatable bonds is 4. The molecule has 120 valence electrons. The first-order valence-electron chi connectivity index (χ1n) is 7.84. The summed E-state index contributed by atoms with van der Waals surface area (Å²) < 4.78 is 0. The lowest BCUT2D eigenvalue weighted by Crippen LogP contribution is -2.37. The molecule has 1 amide bonds. The number of hydrogen-bond donors (Lipinski definition) is 2. The molecule has 0 radical (unpaired) electrons. The second kappa shape index (κ2) is 6.20. The van der Waals surface area contributed by atoms with Crippen molar-refractivity contribution in [2.45, 2.75) is 26.7 Å². The highest BCUT2D eigenvalue weighted by Crippen LogP contribution is 2.33. The van der Waals surface area contributed by atoms with Crippen LogP contribution in [0.15, 0.2) is 48.0 Å². The fourth-order valence-electron chi connectivity index (χ4n) is 2.70. The Morgan fingerprint density at radius 2 is 2.00 bits per heavy atom. The second-order valence-electron chi connectivity index (χ2n) is 6.82. The largest absolute Gasteiger partial charge is 0.361 e. The number of carbonyl (C=O) groups is 1. The smallest absolute Gasteiger partial charge is 0.225 e. The molecule has 0 saturated carbocycles. The van der Waals surface area contributed by atoms with Gasteiger partial charge in [-0.25, -0.2) is 0 Å². The van der Waals surface area contributed by atoms with Gasteiger partial charge in [-0.1, -0.05) is 45.0 Å². The maximum atomic E-state index is 12.3. The molecular weight excluding hydrogens is 304 g/mol. The van der Waals surface area contributed by atoms with Gasteiger partial charge in [0.15, 0.2) is 0 Å². The van der Waals surface area contributed by atoms with Crippen LogP contribution < -0.4 is 5.32 Å². The number of aromatic nitrogens is 1. The Morgan fingerprint density at radius 1 is 1.22 bits per heavy atom. The Kier molecular flexibility index (Phi) is 4.26. The van der Waals surface area contributed by atoms with Crippen molar-refractivity contribution < 1.29 is 4.79 Å². The van der Waals surface area contributed by atoms with Gasteiger partial charge >= 0.3 is 0 Å². The van der Waals surface area contributed by atoms with Crippen LogP contribution >= 0.6 is 11.3 Å². The summed E-state index contributed by atoms with van der Waals surface area (Å²) in [6.45, 7) is 6.43. The summed E-state index contributed by atoms with van der Waals surface area (Å²) in [5, 5.41) is 6.42. The summed E-state index contributed by atoms with van der Waals surface area (Å²) >= 11 is 1.73. The van der Waals surface area contributed by atoms with Crippen molar-refractivity contribution in [1.29, 1.82) is 0 Å². The van der Waals surface area contributed by atoms with Crippen LogP contribution in [-0.2, 0) is 4.79 Å². The molecule has 1 atom stereocenters. The predicted molar refractivity (Wildman–Crippen MR) is 96.9 cm³/mol. The molecule has 0 unspecified atom stereocenters. The number of thiophene rings is 1. The molecule has 0 fully saturated rings. The average molecular weight is 326 g/mol. The number of fused-ring (bicyclic) bond motifs is 1. The number of carbonyl (C=O) groups excluding carboxylic acids is 1. The minimum atomic E-state index is -0.375. The molecule has 0 aliphatic carbocycles. The van der Waals surface area contributed by atoms with Crippen LogP contribution in [0.5, 0.6) is 0 Å². The number of nitrogens with one attached hydrogen (secondary N) is 2. The first-order chi connectivity index (χ1) is 11.0. The first kappa shape index (κ1) is 15.8. The van der Waals surface area contributed by atoms with Crippen LogP contribution in [0.2, 0.25) is 0 Å². The third kappa shape index (κ3) is 3.32. The van der Waals surface area contributed by atoms with Gasteiger partial charge in [-0.3, -0.25) is 4.79 Å². The van der Waals surface area contributed by atoms with E-state index in [4.69, 9.17) is 0 Å². The highest BCUT2D eigenvalue weighted by molar-refractivity contribution is 7.10. The van der Waals surface area contributed by atoms with Crippen LogP contribution in [0, 0.1) is 5.41 Å². The van der Waals surface area contributed by atoms with Gasteiger partial charge in [-0.2, -0.15) is 0 Å².